The van der Waals surface area contributed by atoms with Crippen LogP contribution in [0, 0.1) is 29.1 Å². The van der Waals surface area contributed by atoms with E-state index in [1.165, 1.54) is 31.3 Å². The van der Waals surface area contributed by atoms with E-state index < -0.39 is 0 Å². The summed E-state index contributed by atoms with van der Waals surface area (Å²) >= 11 is 0. The lowest BCUT2D eigenvalue weighted by atomic mass is 9.53. The van der Waals surface area contributed by atoms with Crippen molar-refractivity contribution < 1.29 is 10.2 Å². The fourth-order valence-corrected chi connectivity index (χ4v) is 5.82. The second-order valence-electron chi connectivity index (χ2n) is 7.77. The third-order valence-electron chi connectivity index (χ3n) is 6.97. The van der Waals surface area contributed by atoms with Crippen molar-refractivity contribution in [1.29, 1.82) is 0 Å². The van der Waals surface area contributed by atoms with E-state index in [4.69, 9.17) is 0 Å². The van der Waals surface area contributed by atoms with E-state index >= 15 is 0 Å². The lowest BCUT2D eigenvalue weighted by molar-refractivity contribution is -0.0416. The lowest BCUT2D eigenvalue weighted by Gasteiger charge is -2.52. The fourth-order valence-electron chi connectivity index (χ4n) is 5.82. The van der Waals surface area contributed by atoms with Crippen molar-refractivity contribution in [3.05, 3.63) is 23.8 Å². The molecular formula is C18H26O2. The summed E-state index contributed by atoms with van der Waals surface area (Å²) in [6.45, 7) is 2.32. The van der Waals surface area contributed by atoms with E-state index in [-0.39, 0.29) is 17.6 Å². The molecule has 2 nitrogen and oxygen atoms in total. The Balaban J connectivity index is 1.65. The highest BCUT2D eigenvalue weighted by molar-refractivity contribution is 5.27. The molecule has 0 amide bonds. The Hall–Kier alpha value is -0.600. The van der Waals surface area contributed by atoms with Crippen molar-refractivity contribution in [2.45, 2.75) is 57.7 Å². The van der Waals surface area contributed by atoms with Crippen molar-refractivity contribution in [1.82, 2.24) is 0 Å². The summed E-state index contributed by atoms with van der Waals surface area (Å²) in [5.41, 5.74) is 1.65. The second kappa shape index (κ2) is 4.45. The predicted molar refractivity (Wildman–Crippen MR) is 79.0 cm³/mol. The minimum atomic E-state index is -0.267. The van der Waals surface area contributed by atoms with E-state index in [2.05, 4.69) is 19.1 Å². The highest BCUT2D eigenvalue weighted by Crippen LogP contribution is 2.60. The van der Waals surface area contributed by atoms with Crippen LogP contribution in [-0.4, -0.2) is 22.4 Å². The minimum Gasteiger partial charge on any atom is -0.393 e. The first kappa shape index (κ1) is 13.1. The fraction of sp³-hybridized carbons (Fsp3) is 0.778. The summed E-state index contributed by atoms with van der Waals surface area (Å²) in [5, 5.41) is 20.2. The Kier molecular flexibility index (Phi) is 2.91. The first-order valence-corrected chi connectivity index (χ1v) is 8.33. The summed E-state index contributed by atoms with van der Waals surface area (Å²) in [6.07, 6.45) is 13.0. The SMILES string of the molecule is C[C@]12CCC3C4C=C[C@@H](O)CC4=CCC3C1CC[C@@H]2O. The molecule has 4 aliphatic carbocycles. The molecule has 0 aromatic carbocycles. The number of allylic oxidation sites excluding steroid dienone is 2. The summed E-state index contributed by atoms with van der Waals surface area (Å²) in [5.74, 6) is 2.77. The van der Waals surface area contributed by atoms with Gasteiger partial charge < -0.3 is 10.2 Å². The minimum absolute atomic E-state index is 0.0810. The maximum absolute atomic E-state index is 10.4. The average Bonchev–Trinajstić information content (AvgIpc) is 2.74. The zero-order valence-electron chi connectivity index (χ0n) is 12.3. The van der Waals surface area contributed by atoms with Crippen molar-refractivity contribution in [2.75, 3.05) is 0 Å². The molecule has 7 atom stereocenters. The van der Waals surface area contributed by atoms with Crippen molar-refractivity contribution in [3.63, 3.8) is 0 Å². The maximum Gasteiger partial charge on any atom is 0.0758 e. The van der Waals surface area contributed by atoms with Gasteiger partial charge in [0, 0.05) is 5.92 Å². The summed E-state index contributed by atoms with van der Waals surface area (Å²) in [4.78, 5) is 0. The monoisotopic (exact) mass is 274 g/mol. The molecule has 2 saturated carbocycles. The number of rotatable bonds is 0. The van der Waals surface area contributed by atoms with Gasteiger partial charge in [0.2, 0.25) is 0 Å². The van der Waals surface area contributed by atoms with Crippen LogP contribution in [0.15, 0.2) is 23.8 Å². The third-order valence-corrected chi connectivity index (χ3v) is 6.97. The van der Waals surface area contributed by atoms with Crippen LogP contribution >= 0.6 is 0 Å². The Bertz CT molecular complexity index is 466. The zero-order chi connectivity index (χ0) is 13.9. The van der Waals surface area contributed by atoms with Crippen LogP contribution in [-0.2, 0) is 0 Å². The Morgan fingerprint density at radius 2 is 1.95 bits per heavy atom. The molecular weight excluding hydrogens is 248 g/mol. The molecule has 110 valence electrons. The van der Waals surface area contributed by atoms with Gasteiger partial charge in [-0.15, -0.1) is 0 Å². The first-order chi connectivity index (χ1) is 9.59. The average molecular weight is 274 g/mol. The normalized spacial score (nSPS) is 53.9. The molecule has 0 bridgehead atoms. The molecule has 4 rings (SSSR count). The number of aliphatic hydroxyl groups excluding tert-OH is 2. The van der Waals surface area contributed by atoms with Crippen LogP contribution in [0.2, 0.25) is 0 Å². The largest absolute Gasteiger partial charge is 0.393 e. The van der Waals surface area contributed by atoms with E-state index in [1.54, 1.807) is 0 Å². The van der Waals surface area contributed by atoms with Crippen LogP contribution in [0.5, 0.6) is 0 Å². The molecule has 4 unspecified atom stereocenters. The Morgan fingerprint density at radius 1 is 1.10 bits per heavy atom. The predicted octanol–water partition coefficient (Wildman–Crippen LogP) is 3.06. The maximum atomic E-state index is 10.4. The van der Waals surface area contributed by atoms with Gasteiger partial charge >= 0.3 is 0 Å². The second-order valence-corrected chi connectivity index (χ2v) is 7.77. The molecule has 0 heterocycles. The van der Waals surface area contributed by atoms with Gasteiger partial charge in [-0.05, 0) is 61.7 Å². The number of aliphatic hydroxyl groups is 2. The summed E-state index contributed by atoms with van der Waals surface area (Å²) < 4.78 is 0. The van der Waals surface area contributed by atoms with Gasteiger partial charge in [-0.25, -0.2) is 0 Å². The molecule has 0 spiro atoms. The quantitative estimate of drug-likeness (QED) is 0.667. The van der Waals surface area contributed by atoms with Gasteiger partial charge in [-0.1, -0.05) is 30.7 Å². The van der Waals surface area contributed by atoms with E-state index in [9.17, 15) is 10.2 Å². The molecule has 0 aromatic rings. The van der Waals surface area contributed by atoms with E-state index in [1.807, 2.05) is 6.08 Å². The van der Waals surface area contributed by atoms with Gasteiger partial charge in [0.25, 0.3) is 0 Å². The molecule has 0 radical (unpaired) electrons. The molecule has 2 fully saturated rings. The van der Waals surface area contributed by atoms with Gasteiger partial charge in [0.05, 0.1) is 12.2 Å². The smallest absolute Gasteiger partial charge is 0.0758 e. The molecule has 2 N–H and O–H groups in total. The number of hydrogen-bond acceptors (Lipinski definition) is 2. The Morgan fingerprint density at radius 3 is 2.80 bits per heavy atom. The molecule has 4 aliphatic rings. The number of hydrogen-bond donors (Lipinski definition) is 2. The standard InChI is InChI=1S/C18H26O2/c1-18-9-8-14-13-5-3-12(19)10-11(13)2-4-15(14)16(18)6-7-17(18)20/h2-3,5,12-17,19-20H,4,6-10H2,1H3/t12-,13?,14?,15?,16?,17+,18+/m1/s1. The van der Waals surface area contributed by atoms with E-state index in [0.717, 1.165) is 24.7 Å². The van der Waals surface area contributed by atoms with E-state index in [0.29, 0.717) is 11.8 Å². The molecule has 0 aromatic heterocycles. The summed E-state index contributed by atoms with van der Waals surface area (Å²) in [6, 6.07) is 0. The highest BCUT2D eigenvalue weighted by atomic mass is 16.3. The topological polar surface area (TPSA) is 40.5 Å². The third kappa shape index (κ3) is 1.70. The molecule has 20 heavy (non-hydrogen) atoms. The highest BCUT2D eigenvalue weighted by Gasteiger charge is 2.55. The van der Waals surface area contributed by atoms with Crippen LogP contribution < -0.4 is 0 Å². The van der Waals surface area contributed by atoms with Crippen LogP contribution in [0.3, 0.4) is 0 Å². The molecule has 0 saturated heterocycles. The molecule has 2 heteroatoms. The van der Waals surface area contributed by atoms with Crippen LogP contribution in [0.25, 0.3) is 0 Å². The van der Waals surface area contributed by atoms with Crippen molar-refractivity contribution in [3.8, 4) is 0 Å². The lowest BCUT2D eigenvalue weighted by Crippen LogP contribution is -2.46. The van der Waals surface area contributed by atoms with Crippen LogP contribution in [0.1, 0.15) is 45.4 Å². The van der Waals surface area contributed by atoms with Gasteiger partial charge in [-0.3, -0.25) is 0 Å². The van der Waals surface area contributed by atoms with Crippen LogP contribution in [0.4, 0.5) is 0 Å². The molecule has 0 aliphatic heterocycles. The Labute approximate surface area is 121 Å². The zero-order valence-corrected chi connectivity index (χ0v) is 12.3. The van der Waals surface area contributed by atoms with Crippen molar-refractivity contribution in [2.24, 2.45) is 29.1 Å². The number of fused-ring (bicyclic) bond motifs is 5. The van der Waals surface area contributed by atoms with Gasteiger partial charge in [0.1, 0.15) is 0 Å². The summed E-state index contributed by atoms with van der Waals surface area (Å²) in [7, 11) is 0. The first-order valence-electron chi connectivity index (χ1n) is 8.33. The van der Waals surface area contributed by atoms with Crippen molar-refractivity contribution >= 4 is 0 Å². The van der Waals surface area contributed by atoms with Gasteiger partial charge in [-0.2, -0.15) is 0 Å². The van der Waals surface area contributed by atoms with Gasteiger partial charge in [0.15, 0.2) is 0 Å².